The molecule has 2 amide bonds. The van der Waals surface area contributed by atoms with Gasteiger partial charge in [0, 0.05) is 19.6 Å². The molecule has 0 spiro atoms. The Bertz CT molecular complexity index is 659. The SMILES string of the molecule is NCCN(CCc1ccccc1)C(=O)CNC(=O)Cc1ccccc1. The van der Waals surface area contributed by atoms with Crippen LogP contribution in [-0.4, -0.2) is 42.9 Å². The van der Waals surface area contributed by atoms with Gasteiger partial charge in [-0.05, 0) is 17.5 Å². The number of carbonyl (C=O) groups excluding carboxylic acids is 2. The third-order valence-corrected chi connectivity index (χ3v) is 3.91. The van der Waals surface area contributed by atoms with Crippen LogP contribution in [0.1, 0.15) is 11.1 Å². The smallest absolute Gasteiger partial charge is 0.242 e. The van der Waals surface area contributed by atoms with E-state index in [9.17, 15) is 9.59 Å². The Morgan fingerprint density at radius 2 is 1.48 bits per heavy atom. The van der Waals surface area contributed by atoms with Gasteiger partial charge in [-0.3, -0.25) is 9.59 Å². The topological polar surface area (TPSA) is 75.4 Å². The molecule has 0 aliphatic rings. The third-order valence-electron chi connectivity index (χ3n) is 3.91. The minimum absolute atomic E-state index is 0.000453. The first-order chi connectivity index (χ1) is 12.2. The zero-order valence-electron chi connectivity index (χ0n) is 14.4. The van der Waals surface area contributed by atoms with Crippen LogP contribution in [0.15, 0.2) is 60.7 Å². The molecule has 0 atom stereocenters. The summed E-state index contributed by atoms with van der Waals surface area (Å²) in [5.41, 5.74) is 7.71. The van der Waals surface area contributed by atoms with E-state index in [1.54, 1.807) is 4.90 Å². The Morgan fingerprint density at radius 1 is 0.880 bits per heavy atom. The molecule has 0 fully saturated rings. The maximum absolute atomic E-state index is 12.4. The highest BCUT2D eigenvalue weighted by molar-refractivity contribution is 5.85. The van der Waals surface area contributed by atoms with Crippen molar-refractivity contribution in [1.29, 1.82) is 0 Å². The number of nitrogens with one attached hydrogen (secondary N) is 1. The summed E-state index contributed by atoms with van der Waals surface area (Å²) in [6.07, 6.45) is 1.04. The predicted molar refractivity (Wildman–Crippen MR) is 98.9 cm³/mol. The fourth-order valence-corrected chi connectivity index (χ4v) is 2.56. The number of nitrogens with two attached hydrogens (primary N) is 1. The molecule has 0 unspecified atom stereocenters. The lowest BCUT2D eigenvalue weighted by atomic mass is 10.1. The Labute approximate surface area is 148 Å². The number of amides is 2. The summed E-state index contributed by atoms with van der Waals surface area (Å²) >= 11 is 0. The first-order valence-corrected chi connectivity index (χ1v) is 8.51. The van der Waals surface area contributed by atoms with Crippen molar-refractivity contribution in [3.8, 4) is 0 Å². The van der Waals surface area contributed by atoms with Crippen LogP contribution >= 0.6 is 0 Å². The van der Waals surface area contributed by atoms with Crippen LogP contribution in [0.4, 0.5) is 0 Å². The minimum Gasteiger partial charge on any atom is -0.347 e. The number of rotatable bonds is 9. The molecule has 0 bridgehead atoms. The molecule has 0 saturated heterocycles. The molecule has 2 aromatic carbocycles. The fraction of sp³-hybridized carbons (Fsp3) is 0.300. The van der Waals surface area contributed by atoms with Crippen LogP contribution in [0.3, 0.4) is 0 Å². The van der Waals surface area contributed by atoms with Gasteiger partial charge in [-0.2, -0.15) is 0 Å². The van der Waals surface area contributed by atoms with Gasteiger partial charge in [0.15, 0.2) is 0 Å². The number of hydrogen-bond acceptors (Lipinski definition) is 3. The molecule has 0 aliphatic carbocycles. The summed E-state index contributed by atoms with van der Waals surface area (Å²) in [5, 5.41) is 2.70. The number of hydrogen-bond donors (Lipinski definition) is 2. The van der Waals surface area contributed by atoms with E-state index in [-0.39, 0.29) is 24.8 Å². The summed E-state index contributed by atoms with van der Waals surface area (Å²) in [4.78, 5) is 26.0. The summed E-state index contributed by atoms with van der Waals surface area (Å²) in [5.74, 6) is -0.266. The molecule has 0 aromatic heterocycles. The van der Waals surface area contributed by atoms with Crippen molar-refractivity contribution in [2.45, 2.75) is 12.8 Å². The molecule has 0 radical (unpaired) electrons. The summed E-state index contributed by atoms with van der Waals surface area (Å²) in [6.45, 7) is 1.48. The van der Waals surface area contributed by atoms with Crippen molar-refractivity contribution in [3.05, 3.63) is 71.8 Å². The maximum atomic E-state index is 12.4. The maximum Gasteiger partial charge on any atom is 0.242 e. The van der Waals surface area contributed by atoms with Gasteiger partial charge < -0.3 is 16.0 Å². The highest BCUT2D eigenvalue weighted by atomic mass is 16.2. The van der Waals surface area contributed by atoms with Gasteiger partial charge in [0.2, 0.25) is 11.8 Å². The molecule has 0 saturated carbocycles. The molecule has 132 valence electrons. The van der Waals surface area contributed by atoms with Crippen molar-refractivity contribution in [2.24, 2.45) is 5.73 Å². The van der Waals surface area contributed by atoms with Gasteiger partial charge in [-0.15, -0.1) is 0 Å². The van der Waals surface area contributed by atoms with Crippen LogP contribution in [0.25, 0.3) is 0 Å². The average Bonchev–Trinajstić information content (AvgIpc) is 2.65. The molecule has 3 N–H and O–H groups in total. The molecule has 2 rings (SSSR count). The minimum atomic E-state index is -0.157. The summed E-state index contributed by atoms with van der Waals surface area (Å²) < 4.78 is 0. The normalized spacial score (nSPS) is 10.3. The van der Waals surface area contributed by atoms with Gasteiger partial charge >= 0.3 is 0 Å². The van der Waals surface area contributed by atoms with E-state index in [1.807, 2.05) is 60.7 Å². The molecular formula is C20H25N3O2. The standard InChI is InChI=1S/C20H25N3O2/c21-12-14-23(13-11-17-7-3-1-4-8-17)20(25)16-22-19(24)15-18-9-5-2-6-10-18/h1-10H,11-16,21H2,(H,22,24). The van der Waals surface area contributed by atoms with Crippen molar-refractivity contribution in [1.82, 2.24) is 10.2 Å². The van der Waals surface area contributed by atoms with E-state index in [0.29, 0.717) is 19.6 Å². The second-order valence-electron chi connectivity index (χ2n) is 5.84. The van der Waals surface area contributed by atoms with Crippen molar-refractivity contribution in [3.63, 3.8) is 0 Å². The van der Waals surface area contributed by atoms with Gasteiger partial charge in [0.25, 0.3) is 0 Å². The largest absolute Gasteiger partial charge is 0.347 e. The van der Waals surface area contributed by atoms with Crippen molar-refractivity contribution in [2.75, 3.05) is 26.2 Å². The first kappa shape index (κ1) is 18.7. The number of benzene rings is 2. The summed E-state index contributed by atoms with van der Waals surface area (Å²) in [7, 11) is 0. The quantitative estimate of drug-likeness (QED) is 0.725. The van der Waals surface area contributed by atoms with Gasteiger partial charge in [0.1, 0.15) is 0 Å². The van der Waals surface area contributed by atoms with Crippen LogP contribution in [-0.2, 0) is 22.4 Å². The molecule has 5 heteroatoms. The predicted octanol–water partition coefficient (Wildman–Crippen LogP) is 1.38. The van der Waals surface area contributed by atoms with Gasteiger partial charge in [-0.1, -0.05) is 60.7 Å². The second-order valence-corrected chi connectivity index (χ2v) is 5.84. The van der Waals surface area contributed by atoms with E-state index in [4.69, 9.17) is 5.73 Å². The Morgan fingerprint density at radius 3 is 2.08 bits per heavy atom. The summed E-state index contributed by atoms with van der Waals surface area (Å²) in [6, 6.07) is 19.5. The van der Waals surface area contributed by atoms with Crippen LogP contribution in [0.5, 0.6) is 0 Å². The molecule has 0 aliphatic heterocycles. The zero-order chi connectivity index (χ0) is 17.9. The van der Waals surface area contributed by atoms with Crippen LogP contribution in [0.2, 0.25) is 0 Å². The third kappa shape index (κ3) is 6.77. The van der Waals surface area contributed by atoms with Crippen molar-refractivity contribution >= 4 is 11.8 Å². The highest BCUT2D eigenvalue weighted by Gasteiger charge is 2.14. The van der Waals surface area contributed by atoms with E-state index < -0.39 is 0 Å². The highest BCUT2D eigenvalue weighted by Crippen LogP contribution is 2.02. The molecule has 2 aromatic rings. The number of carbonyl (C=O) groups is 2. The van der Waals surface area contributed by atoms with E-state index in [1.165, 1.54) is 5.56 Å². The molecule has 0 heterocycles. The lowest BCUT2D eigenvalue weighted by Crippen LogP contribution is -2.43. The lowest BCUT2D eigenvalue weighted by molar-refractivity contribution is -0.132. The van der Waals surface area contributed by atoms with Crippen LogP contribution in [0, 0.1) is 0 Å². The van der Waals surface area contributed by atoms with Crippen LogP contribution < -0.4 is 11.1 Å². The molecular weight excluding hydrogens is 314 g/mol. The second kappa shape index (κ2) is 10.3. The lowest BCUT2D eigenvalue weighted by Gasteiger charge is -2.22. The Kier molecular flexibility index (Phi) is 7.66. The Balaban J connectivity index is 1.79. The average molecular weight is 339 g/mol. The fourth-order valence-electron chi connectivity index (χ4n) is 2.56. The van der Waals surface area contributed by atoms with Gasteiger partial charge in [-0.25, -0.2) is 0 Å². The van der Waals surface area contributed by atoms with Gasteiger partial charge in [0.05, 0.1) is 13.0 Å². The van der Waals surface area contributed by atoms with E-state index in [0.717, 1.165) is 12.0 Å². The van der Waals surface area contributed by atoms with E-state index >= 15 is 0 Å². The van der Waals surface area contributed by atoms with E-state index in [2.05, 4.69) is 5.32 Å². The Hall–Kier alpha value is -2.66. The molecule has 25 heavy (non-hydrogen) atoms. The first-order valence-electron chi connectivity index (χ1n) is 8.51. The van der Waals surface area contributed by atoms with Crippen molar-refractivity contribution < 1.29 is 9.59 Å². The molecule has 5 nitrogen and oxygen atoms in total. The number of nitrogens with zero attached hydrogens (tertiary/aromatic N) is 1. The monoisotopic (exact) mass is 339 g/mol. The zero-order valence-corrected chi connectivity index (χ0v) is 14.4.